The predicted molar refractivity (Wildman–Crippen MR) is 104 cm³/mol. The van der Waals surface area contributed by atoms with Crippen LogP contribution >= 0.6 is 11.8 Å². The first-order chi connectivity index (χ1) is 12.8. The summed E-state index contributed by atoms with van der Waals surface area (Å²) in [7, 11) is 0. The molecule has 2 heterocycles. The van der Waals surface area contributed by atoms with Gasteiger partial charge in [-0.3, -0.25) is 4.40 Å². The molecule has 0 fully saturated rings. The zero-order chi connectivity index (χ0) is 17.5. The molecule has 5 heteroatoms. The summed E-state index contributed by atoms with van der Waals surface area (Å²) in [6, 6.07) is 22.8. The minimum atomic E-state index is -0.215. The number of thioether (sulfide) groups is 1. The molecule has 2 aromatic heterocycles. The Morgan fingerprint density at radius 2 is 1.65 bits per heavy atom. The third-order valence-corrected chi connectivity index (χ3v) is 5.38. The highest BCUT2D eigenvalue weighted by Gasteiger charge is 2.14. The van der Waals surface area contributed by atoms with E-state index >= 15 is 0 Å². The van der Waals surface area contributed by atoms with Gasteiger partial charge < -0.3 is 0 Å². The quantitative estimate of drug-likeness (QED) is 0.316. The molecule has 0 radical (unpaired) electrons. The van der Waals surface area contributed by atoms with E-state index in [1.54, 1.807) is 23.9 Å². The lowest BCUT2D eigenvalue weighted by molar-refractivity contribution is 0.626. The summed E-state index contributed by atoms with van der Waals surface area (Å²) >= 11 is 1.59. The largest absolute Gasteiger partial charge is 0.271 e. The van der Waals surface area contributed by atoms with Crippen LogP contribution in [-0.4, -0.2) is 14.4 Å². The fourth-order valence-corrected chi connectivity index (χ4v) is 4.14. The number of nitrogens with zero attached hydrogens (tertiary/aromatic N) is 3. The maximum Gasteiger partial charge on any atom is 0.175 e. The van der Waals surface area contributed by atoms with Gasteiger partial charge in [-0.25, -0.2) is 14.4 Å². The summed E-state index contributed by atoms with van der Waals surface area (Å²) in [6.07, 6.45) is 0. The van der Waals surface area contributed by atoms with Gasteiger partial charge in [0.15, 0.2) is 5.16 Å². The molecule has 3 aromatic carbocycles. The molecular formula is C21H14FN3S. The Bertz CT molecular complexity index is 1260. The van der Waals surface area contributed by atoms with Crippen LogP contribution in [0.15, 0.2) is 78.0 Å². The van der Waals surface area contributed by atoms with Crippen molar-refractivity contribution in [3.05, 3.63) is 84.2 Å². The number of hydrogen-bond donors (Lipinski definition) is 0. The molecule has 0 atom stereocenters. The highest BCUT2D eigenvalue weighted by atomic mass is 32.2. The van der Waals surface area contributed by atoms with Crippen molar-refractivity contribution in [2.45, 2.75) is 10.9 Å². The molecule has 0 aliphatic heterocycles. The molecule has 0 aliphatic rings. The van der Waals surface area contributed by atoms with Gasteiger partial charge in [0.2, 0.25) is 0 Å². The van der Waals surface area contributed by atoms with E-state index in [-0.39, 0.29) is 5.82 Å². The number of rotatable bonds is 3. The lowest BCUT2D eigenvalue weighted by Gasteiger charge is -2.08. The van der Waals surface area contributed by atoms with Crippen molar-refractivity contribution in [3.8, 4) is 0 Å². The van der Waals surface area contributed by atoms with Gasteiger partial charge in [0.1, 0.15) is 11.5 Å². The van der Waals surface area contributed by atoms with Gasteiger partial charge in [-0.2, -0.15) is 0 Å². The number of halogens is 1. The normalized spacial score (nSPS) is 11.6. The Morgan fingerprint density at radius 3 is 2.54 bits per heavy atom. The van der Waals surface area contributed by atoms with Gasteiger partial charge in [-0.1, -0.05) is 48.2 Å². The van der Waals surface area contributed by atoms with Crippen LogP contribution in [0.3, 0.4) is 0 Å². The molecular weight excluding hydrogens is 345 g/mol. The van der Waals surface area contributed by atoms with Crippen LogP contribution in [0, 0.1) is 5.82 Å². The monoisotopic (exact) mass is 359 g/mol. The van der Waals surface area contributed by atoms with Gasteiger partial charge in [-0.15, -0.1) is 0 Å². The third-order valence-electron chi connectivity index (χ3n) is 4.37. The minimum Gasteiger partial charge on any atom is -0.271 e. The summed E-state index contributed by atoms with van der Waals surface area (Å²) in [5, 5.41) is 1.88. The molecule has 126 valence electrons. The second-order valence-corrected chi connectivity index (χ2v) is 7.03. The van der Waals surface area contributed by atoms with Gasteiger partial charge in [0.25, 0.3) is 0 Å². The molecule has 0 bridgehead atoms. The van der Waals surface area contributed by atoms with Crippen LogP contribution in [0.4, 0.5) is 4.39 Å². The minimum absolute atomic E-state index is 0.215. The SMILES string of the molecule is Fc1cccc(CSc2nc3ccccc3c3nc4ccccc4n23)c1. The number of benzene rings is 3. The zero-order valence-corrected chi connectivity index (χ0v) is 14.6. The fraction of sp³-hybridized carbons (Fsp3) is 0.0476. The molecule has 0 unspecified atom stereocenters. The Hall–Kier alpha value is -2.92. The number of fused-ring (bicyclic) bond motifs is 5. The predicted octanol–water partition coefficient (Wildman–Crippen LogP) is 5.47. The number of imidazole rings is 1. The van der Waals surface area contributed by atoms with Crippen LogP contribution in [0.5, 0.6) is 0 Å². The molecule has 0 aliphatic carbocycles. The second-order valence-electron chi connectivity index (χ2n) is 6.09. The molecule has 3 nitrogen and oxygen atoms in total. The van der Waals surface area contributed by atoms with Crippen molar-refractivity contribution >= 4 is 39.3 Å². The number of hydrogen-bond acceptors (Lipinski definition) is 3. The summed E-state index contributed by atoms with van der Waals surface area (Å²) < 4.78 is 15.6. The van der Waals surface area contributed by atoms with E-state index in [0.29, 0.717) is 5.75 Å². The van der Waals surface area contributed by atoms with Crippen molar-refractivity contribution in [3.63, 3.8) is 0 Å². The third kappa shape index (κ3) is 2.52. The van der Waals surface area contributed by atoms with E-state index in [1.807, 2.05) is 48.5 Å². The highest BCUT2D eigenvalue weighted by molar-refractivity contribution is 7.98. The van der Waals surface area contributed by atoms with E-state index in [0.717, 1.165) is 38.3 Å². The zero-order valence-electron chi connectivity index (χ0n) is 13.8. The van der Waals surface area contributed by atoms with Crippen molar-refractivity contribution in [1.29, 1.82) is 0 Å². The fourth-order valence-electron chi connectivity index (χ4n) is 3.19. The van der Waals surface area contributed by atoms with Crippen LogP contribution < -0.4 is 0 Å². The lowest BCUT2D eigenvalue weighted by Crippen LogP contribution is -1.97. The van der Waals surface area contributed by atoms with Crippen molar-refractivity contribution in [2.75, 3.05) is 0 Å². The molecule has 0 amide bonds. The average Bonchev–Trinajstić information content (AvgIpc) is 3.06. The Morgan fingerprint density at radius 1 is 0.846 bits per heavy atom. The first-order valence-corrected chi connectivity index (χ1v) is 9.31. The molecule has 5 rings (SSSR count). The summed E-state index contributed by atoms with van der Waals surface area (Å²) in [5.41, 5.74) is 4.72. The van der Waals surface area contributed by atoms with Crippen LogP contribution in [-0.2, 0) is 5.75 Å². The van der Waals surface area contributed by atoms with E-state index in [1.165, 1.54) is 6.07 Å². The van der Waals surface area contributed by atoms with Gasteiger partial charge in [0, 0.05) is 11.1 Å². The van der Waals surface area contributed by atoms with Crippen molar-refractivity contribution in [2.24, 2.45) is 0 Å². The van der Waals surface area contributed by atoms with Gasteiger partial charge in [0.05, 0.1) is 16.6 Å². The summed E-state index contributed by atoms with van der Waals surface area (Å²) in [6.45, 7) is 0. The molecule has 5 aromatic rings. The Kier molecular flexibility index (Phi) is 3.60. The Labute approximate surface area is 153 Å². The first kappa shape index (κ1) is 15.3. The van der Waals surface area contributed by atoms with E-state index in [9.17, 15) is 4.39 Å². The molecule has 26 heavy (non-hydrogen) atoms. The number of para-hydroxylation sites is 3. The van der Waals surface area contributed by atoms with Crippen molar-refractivity contribution < 1.29 is 4.39 Å². The van der Waals surface area contributed by atoms with E-state index < -0.39 is 0 Å². The second kappa shape index (κ2) is 6.11. The first-order valence-electron chi connectivity index (χ1n) is 8.33. The maximum absolute atomic E-state index is 13.5. The van der Waals surface area contributed by atoms with E-state index in [4.69, 9.17) is 9.97 Å². The lowest BCUT2D eigenvalue weighted by atomic mass is 10.2. The topological polar surface area (TPSA) is 30.2 Å². The molecule has 0 saturated heterocycles. The highest BCUT2D eigenvalue weighted by Crippen LogP contribution is 2.30. The maximum atomic E-state index is 13.5. The average molecular weight is 359 g/mol. The van der Waals surface area contributed by atoms with Gasteiger partial charge in [-0.05, 0) is 42.0 Å². The Balaban J connectivity index is 1.71. The smallest absolute Gasteiger partial charge is 0.175 e. The summed E-state index contributed by atoms with van der Waals surface area (Å²) in [4.78, 5) is 9.68. The van der Waals surface area contributed by atoms with Crippen molar-refractivity contribution in [1.82, 2.24) is 14.4 Å². The van der Waals surface area contributed by atoms with Crippen LogP contribution in [0.25, 0.3) is 27.6 Å². The molecule has 0 saturated carbocycles. The van der Waals surface area contributed by atoms with Crippen LogP contribution in [0.1, 0.15) is 5.56 Å². The number of aromatic nitrogens is 3. The van der Waals surface area contributed by atoms with E-state index in [2.05, 4.69) is 10.5 Å². The summed E-state index contributed by atoms with van der Waals surface area (Å²) in [5.74, 6) is 0.429. The standard InChI is InChI=1S/C21H14FN3S/c22-15-7-5-6-14(12-15)13-26-21-24-17-9-2-1-8-16(17)20-23-18-10-3-4-11-19(18)25(20)21/h1-12H,13H2. The van der Waals surface area contributed by atoms with Crippen LogP contribution in [0.2, 0.25) is 0 Å². The molecule has 0 spiro atoms. The van der Waals surface area contributed by atoms with Gasteiger partial charge >= 0.3 is 0 Å². The molecule has 0 N–H and O–H groups in total.